The van der Waals surface area contributed by atoms with Gasteiger partial charge in [-0.2, -0.15) is 0 Å². The van der Waals surface area contributed by atoms with Crippen molar-refractivity contribution >= 4 is 6.29 Å². The van der Waals surface area contributed by atoms with E-state index in [1.165, 1.54) is 0 Å². The van der Waals surface area contributed by atoms with Gasteiger partial charge in [-0.3, -0.25) is 0 Å². The first-order chi connectivity index (χ1) is 3.41. The van der Waals surface area contributed by atoms with Gasteiger partial charge < -0.3 is 9.53 Å². The maximum absolute atomic E-state index is 9.41. The predicted octanol–water partition coefficient (Wildman–Crippen LogP) is -0.0742. The molecule has 4 nitrogen and oxygen atoms in total. The monoisotopic (exact) mass is 103 g/mol. The smallest absolute Gasteiger partial charge is 0.179 e. The number of hydrogen-bond acceptors (Lipinski definition) is 4. The zero-order chi connectivity index (χ0) is 5.54. The van der Waals surface area contributed by atoms with E-state index in [4.69, 9.17) is 0 Å². The van der Waals surface area contributed by atoms with E-state index in [1.807, 2.05) is 0 Å². The molecular weight excluding hydrogens is 98.0 g/mol. The van der Waals surface area contributed by atoms with Gasteiger partial charge in [-0.25, -0.2) is 0 Å². The first kappa shape index (κ1) is 6.23. The fraction of sp³-hybridized carbons (Fsp3) is 0.667. The highest BCUT2D eigenvalue weighted by Crippen LogP contribution is 1.68. The average Bonchev–Trinajstić information content (AvgIpc) is 1.69. The number of hydrogen-bond donors (Lipinski definition) is 0. The summed E-state index contributed by atoms with van der Waals surface area (Å²) in [5.74, 6) is 0. The number of nitrogens with zero attached hydrogens (tertiary/aromatic N) is 1. The predicted molar refractivity (Wildman–Crippen MR) is 22.7 cm³/mol. The molecule has 40 valence electrons. The quantitative estimate of drug-likeness (QED) is 0.284. The summed E-state index contributed by atoms with van der Waals surface area (Å²) in [5.41, 5.74) is 0. The first-order valence-electron chi connectivity index (χ1n) is 1.72. The third kappa shape index (κ3) is 5.23. The molecule has 0 aromatic heterocycles. The topological polar surface area (TPSA) is 55.7 Å². The van der Waals surface area contributed by atoms with Crippen LogP contribution in [0.1, 0.15) is 0 Å². The Kier molecular flexibility index (Phi) is 4.65. The normalized spacial score (nSPS) is 8.00. The number of carbonyl (C=O) groups is 1. The summed E-state index contributed by atoms with van der Waals surface area (Å²) < 4.78 is 4.28. The van der Waals surface area contributed by atoms with Crippen LogP contribution in [0.2, 0.25) is 0 Å². The van der Waals surface area contributed by atoms with Gasteiger partial charge in [0.2, 0.25) is 0 Å². The minimum Gasteiger partial charge on any atom is -0.348 e. The van der Waals surface area contributed by atoms with Crippen LogP contribution in [0.15, 0.2) is 5.18 Å². The molecule has 0 fully saturated rings. The summed E-state index contributed by atoms with van der Waals surface area (Å²) in [4.78, 5) is 18.6. The van der Waals surface area contributed by atoms with E-state index < -0.39 is 0 Å². The van der Waals surface area contributed by atoms with Gasteiger partial charge in [0.1, 0.15) is 12.9 Å². The Morgan fingerprint density at radius 2 is 2.43 bits per heavy atom. The minimum absolute atomic E-state index is 0.0499. The van der Waals surface area contributed by atoms with Crippen molar-refractivity contribution in [2.24, 2.45) is 5.18 Å². The van der Waals surface area contributed by atoms with Gasteiger partial charge in [-0.05, 0) is 5.18 Å². The van der Waals surface area contributed by atoms with Crippen LogP contribution in [0, 0.1) is 4.91 Å². The fourth-order valence-corrected chi connectivity index (χ4v) is 0.138. The molecular formula is C3H5NO3. The van der Waals surface area contributed by atoms with E-state index in [2.05, 4.69) is 9.91 Å². The Labute approximate surface area is 40.4 Å². The molecule has 0 saturated heterocycles. The third-order valence-corrected chi connectivity index (χ3v) is 0.330. The van der Waals surface area contributed by atoms with Crippen molar-refractivity contribution < 1.29 is 9.53 Å². The molecule has 0 radical (unpaired) electrons. The molecule has 0 unspecified atom stereocenters. The highest BCUT2D eigenvalue weighted by molar-refractivity contribution is 5.50. The average molecular weight is 103 g/mol. The highest BCUT2D eigenvalue weighted by Gasteiger charge is 1.77. The number of aldehydes is 1. The molecule has 0 aliphatic rings. The van der Waals surface area contributed by atoms with Gasteiger partial charge in [0.15, 0.2) is 6.73 Å². The van der Waals surface area contributed by atoms with Crippen molar-refractivity contribution in [1.29, 1.82) is 0 Å². The van der Waals surface area contributed by atoms with Crippen LogP contribution in [-0.4, -0.2) is 19.6 Å². The van der Waals surface area contributed by atoms with E-state index in [-0.39, 0.29) is 13.3 Å². The molecule has 0 bridgehead atoms. The second-order valence-corrected chi connectivity index (χ2v) is 0.796. The van der Waals surface area contributed by atoms with E-state index >= 15 is 0 Å². The Bertz CT molecular complexity index is 55.2. The molecule has 0 rings (SSSR count). The molecule has 0 atom stereocenters. The van der Waals surface area contributed by atoms with Crippen LogP contribution in [0.5, 0.6) is 0 Å². The van der Waals surface area contributed by atoms with Gasteiger partial charge >= 0.3 is 0 Å². The molecule has 7 heavy (non-hydrogen) atoms. The van der Waals surface area contributed by atoms with Gasteiger partial charge in [-0.1, -0.05) is 0 Å². The lowest BCUT2D eigenvalue weighted by molar-refractivity contribution is -0.111. The van der Waals surface area contributed by atoms with Crippen molar-refractivity contribution in [2.75, 3.05) is 13.3 Å². The standard InChI is InChI=1S/C3H5NO3/c5-1-2-7-3-4-6/h1H,2-3H2. The zero-order valence-electron chi connectivity index (χ0n) is 3.66. The van der Waals surface area contributed by atoms with E-state index in [9.17, 15) is 9.70 Å². The van der Waals surface area contributed by atoms with Crippen molar-refractivity contribution in [3.8, 4) is 0 Å². The van der Waals surface area contributed by atoms with Gasteiger partial charge in [0, 0.05) is 0 Å². The lowest BCUT2D eigenvalue weighted by Crippen LogP contribution is -1.92. The van der Waals surface area contributed by atoms with Crippen LogP contribution in [0.3, 0.4) is 0 Å². The molecule has 0 aliphatic heterocycles. The van der Waals surface area contributed by atoms with Gasteiger partial charge in [0.25, 0.3) is 0 Å². The Morgan fingerprint density at radius 3 is 2.86 bits per heavy atom. The third-order valence-electron chi connectivity index (χ3n) is 0.330. The number of ether oxygens (including phenoxy) is 1. The van der Waals surface area contributed by atoms with Crippen LogP contribution < -0.4 is 0 Å². The largest absolute Gasteiger partial charge is 0.348 e. The Morgan fingerprint density at radius 1 is 1.71 bits per heavy atom. The van der Waals surface area contributed by atoms with E-state index in [0.29, 0.717) is 6.29 Å². The molecule has 0 saturated carbocycles. The lowest BCUT2D eigenvalue weighted by atomic mass is 10.8. The number of carbonyl (C=O) groups excluding carboxylic acids is 1. The Balaban J connectivity index is 2.68. The molecule has 0 heterocycles. The molecule has 0 aromatic carbocycles. The summed E-state index contributed by atoms with van der Waals surface area (Å²) in [6.07, 6.45) is 0.561. The van der Waals surface area contributed by atoms with Crippen LogP contribution in [-0.2, 0) is 9.53 Å². The van der Waals surface area contributed by atoms with Crippen molar-refractivity contribution in [1.82, 2.24) is 0 Å². The van der Waals surface area contributed by atoms with Crippen molar-refractivity contribution in [2.45, 2.75) is 0 Å². The molecule has 0 amide bonds. The zero-order valence-corrected chi connectivity index (χ0v) is 3.66. The highest BCUT2D eigenvalue weighted by atomic mass is 16.5. The molecule has 0 spiro atoms. The fourth-order valence-electron chi connectivity index (χ4n) is 0.138. The molecule has 4 heteroatoms. The maximum Gasteiger partial charge on any atom is 0.179 e. The SMILES string of the molecule is O=CCOCN=O. The van der Waals surface area contributed by atoms with Gasteiger partial charge in [-0.15, -0.1) is 4.91 Å². The summed E-state index contributed by atoms with van der Waals surface area (Å²) >= 11 is 0. The minimum atomic E-state index is -0.237. The summed E-state index contributed by atoms with van der Waals surface area (Å²) in [7, 11) is 0. The van der Waals surface area contributed by atoms with Crippen LogP contribution in [0.25, 0.3) is 0 Å². The summed E-state index contributed by atoms with van der Waals surface area (Å²) in [5, 5.41) is 2.34. The maximum atomic E-state index is 9.41. The van der Waals surface area contributed by atoms with Crippen LogP contribution in [0.4, 0.5) is 0 Å². The summed E-state index contributed by atoms with van der Waals surface area (Å²) in [6, 6.07) is 0. The number of nitroso groups, excluding NO2 is 1. The molecule has 0 N–H and O–H groups in total. The van der Waals surface area contributed by atoms with Gasteiger partial charge in [0.05, 0.1) is 0 Å². The number of rotatable bonds is 4. The molecule has 0 aliphatic carbocycles. The molecule has 0 aromatic rings. The van der Waals surface area contributed by atoms with Crippen molar-refractivity contribution in [3.05, 3.63) is 4.91 Å². The first-order valence-corrected chi connectivity index (χ1v) is 1.72. The van der Waals surface area contributed by atoms with Crippen LogP contribution >= 0.6 is 0 Å². The summed E-state index contributed by atoms with van der Waals surface area (Å²) in [6.45, 7) is -0.287. The second-order valence-electron chi connectivity index (χ2n) is 0.796. The second kappa shape index (κ2) is 5.23. The van der Waals surface area contributed by atoms with E-state index in [1.54, 1.807) is 0 Å². The lowest BCUT2D eigenvalue weighted by Gasteiger charge is -1.84. The van der Waals surface area contributed by atoms with E-state index in [0.717, 1.165) is 0 Å². The van der Waals surface area contributed by atoms with Crippen molar-refractivity contribution in [3.63, 3.8) is 0 Å². The Hall–Kier alpha value is -0.770.